The minimum Gasteiger partial charge on any atom is -0.452 e. The second kappa shape index (κ2) is 9.67. The van der Waals surface area contributed by atoms with Crippen LogP contribution in [0.4, 0.5) is 27.6 Å². The zero-order valence-corrected chi connectivity index (χ0v) is 14.9. The lowest BCUT2D eigenvalue weighted by Gasteiger charge is -2.09. The van der Waals surface area contributed by atoms with Gasteiger partial charge in [0.2, 0.25) is 5.91 Å². The quantitative estimate of drug-likeness (QED) is 0.519. The third-order valence-electron chi connectivity index (χ3n) is 3.31. The van der Waals surface area contributed by atoms with Gasteiger partial charge < -0.3 is 20.1 Å². The molecule has 2 rings (SSSR count). The molecule has 0 saturated carbocycles. The number of benzene rings is 2. The number of carbonyl (C=O) groups excluding carboxylic acids is 3. The van der Waals surface area contributed by atoms with Crippen molar-refractivity contribution in [1.82, 2.24) is 5.32 Å². The van der Waals surface area contributed by atoms with Gasteiger partial charge in [-0.25, -0.2) is 13.6 Å². The van der Waals surface area contributed by atoms with Gasteiger partial charge in [-0.05, 0) is 36.4 Å². The Morgan fingerprint density at radius 3 is 2.17 bits per heavy atom. The van der Waals surface area contributed by atoms with Crippen LogP contribution in [0.2, 0.25) is 0 Å². The van der Waals surface area contributed by atoms with E-state index in [9.17, 15) is 36.3 Å². The third kappa shape index (κ3) is 7.37. The average molecular weight is 432 g/mol. The molecule has 0 spiro atoms. The fraction of sp³-hybridized carbons (Fsp3) is 0.167. The fourth-order valence-electron chi connectivity index (χ4n) is 2.02. The van der Waals surface area contributed by atoms with Gasteiger partial charge in [0.05, 0.1) is 12.1 Å². The van der Waals surface area contributed by atoms with Crippen LogP contribution in [-0.2, 0) is 14.3 Å². The first-order valence-electron chi connectivity index (χ1n) is 8.08. The van der Waals surface area contributed by atoms with Crippen LogP contribution in [0.15, 0.2) is 42.5 Å². The molecule has 0 aliphatic carbocycles. The van der Waals surface area contributed by atoms with Crippen LogP contribution >= 0.6 is 0 Å². The van der Waals surface area contributed by atoms with Crippen molar-refractivity contribution < 1.29 is 45.8 Å². The molecule has 0 fully saturated rings. The van der Waals surface area contributed by atoms with Gasteiger partial charge in [-0.3, -0.25) is 9.59 Å². The van der Waals surface area contributed by atoms with Gasteiger partial charge in [-0.2, -0.15) is 0 Å². The topological polar surface area (TPSA) is 93.7 Å². The van der Waals surface area contributed by atoms with Crippen LogP contribution in [0.3, 0.4) is 0 Å². The molecule has 160 valence electrons. The molecule has 2 amide bonds. The second-order valence-corrected chi connectivity index (χ2v) is 5.60. The molecular formula is C18H13F5N2O5. The Kier molecular flexibility index (Phi) is 7.28. The van der Waals surface area contributed by atoms with Crippen molar-refractivity contribution in [3.05, 3.63) is 59.7 Å². The maximum Gasteiger partial charge on any atom is 0.573 e. The largest absolute Gasteiger partial charge is 0.573 e. The minimum atomic E-state index is -4.88. The van der Waals surface area contributed by atoms with E-state index in [1.54, 1.807) is 0 Å². The number of ether oxygens (including phenoxy) is 2. The molecule has 2 aromatic rings. The number of hydrogen-bond donors (Lipinski definition) is 2. The third-order valence-corrected chi connectivity index (χ3v) is 3.31. The Balaban J connectivity index is 1.75. The summed E-state index contributed by atoms with van der Waals surface area (Å²) in [6, 6.07) is 6.49. The summed E-state index contributed by atoms with van der Waals surface area (Å²) in [4.78, 5) is 35.1. The van der Waals surface area contributed by atoms with Gasteiger partial charge in [0.1, 0.15) is 5.75 Å². The molecule has 0 aromatic heterocycles. The maximum absolute atomic E-state index is 13.1. The number of rotatable bonds is 7. The molecule has 12 heteroatoms. The van der Waals surface area contributed by atoms with Crippen molar-refractivity contribution in [2.24, 2.45) is 0 Å². The molecule has 30 heavy (non-hydrogen) atoms. The first-order valence-corrected chi connectivity index (χ1v) is 8.08. The summed E-state index contributed by atoms with van der Waals surface area (Å²) < 4.78 is 70.4. The number of anilines is 1. The van der Waals surface area contributed by atoms with Gasteiger partial charge in [-0.1, -0.05) is 0 Å². The number of esters is 1. The van der Waals surface area contributed by atoms with Gasteiger partial charge in [0.25, 0.3) is 5.91 Å². The SMILES string of the molecule is O=C(COC(=O)c1ccc(OC(F)(F)F)cc1)NCC(=O)Nc1ccc(F)c(F)c1. The normalized spacial score (nSPS) is 10.8. The number of carbonyl (C=O) groups is 3. The van der Waals surface area contributed by atoms with Gasteiger partial charge in [0.15, 0.2) is 18.2 Å². The minimum absolute atomic E-state index is 0.0301. The fourth-order valence-corrected chi connectivity index (χ4v) is 2.02. The van der Waals surface area contributed by atoms with Crippen LogP contribution in [0.5, 0.6) is 5.75 Å². The van der Waals surface area contributed by atoms with Crippen LogP contribution < -0.4 is 15.4 Å². The van der Waals surface area contributed by atoms with E-state index in [-0.39, 0.29) is 11.3 Å². The zero-order valence-electron chi connectivity index (χ0n) is 14.9. The number of nitrogens with one attached hydrogen (secondary N) is 2. The highest BCUT2D eigenvalue weighted by molar-refractivity contribution is 5.95. The molecular weight excluding hydrogens is 419 g/mol. The highest BCUT2D eigenvalue weighted by Gasteiger charge is 2.31. The van der Waals surface area contributed by atoms with E-state index in [0.29, 0.717) is 0 Å². The zero-order chi connectivity index (χ0) is 22.3. The molecule has 0 atom stereocenters. The highest BCUT2D eigenvalue weighted by atomic mass is 19.4. The summed E-state index contributed by atoms with van der Waals surface area (Å²) in [6.45, 7) is -1.31. The summed E-state index contributed by atoms with van der Waals surface area (Å²) in [5.74, 6) is -5.38. The van der Waals surface area contributed by atoms with Crippen LogP contribution in [0.25, 0.3) is 0 Å². The van der Waals surface area contributed by atoms with E-state index < -0.39 is 54.7 Å². The lowest BCUT2D eigenvalue weighted by Crippen LogP contribution is -2.35. The van der Waals surface area contributed by atoms with Gasteiger partial charge >= 0.3 is 12.3 Å². The van der Waals surface area contributed by atoms with Crippen molar-refractivity contribution in [3.63, 3.8) is 0 Å². The maximum atomic E-state index is 13.1. The predicted octanol–water partition coefficient (Wildman–Crippen LogP) is 2.78. The summed E-state index contributed by atoms with van der Waals surface area (Å²) in [7, 11) is 0. The highest BCUT2D eigenvalue weighted by Crippen LogP contribution is 2.22. The number of hydrogen-bond acceptors (Lipinski definition) is 5. The van der Waals surface area contributed by atoms with Gasteiger partial charge in [-0.15, -0.1) is 13.2 Å². The molecule has 0 saturated heterocycles. The monoisotopic (exact) mass is 432 g/mol. The van der Waals surface area contributed by atoms with E-state index in [4.69, 9.17) is 0 Å². The van der Waals surface area contributed by atoms with Crippen molar-refractivity contribution >= 4 is 23.5 Å². The Bertz CT molecular complexity index is 932. The predicted molar refractivity (Wildman–Crippen MR) is 91.4 cm³/mol. The number of amides is 2. The number of alkyl halides is 3. The van der Waals surface area contributed by atoms with E-state index in [1.165, 1.54) is 0 Å². The van der Waals surface area contributed by atoms with E-state index >= 15 is 0 Å². The lowest BCUT2D eigenvalue weighted by atomic mass is 10.2. The molecule has 0 bridgehead atoms. The molecule has 7 nitrogen and oxygen atoms in total. The number of halogens is 5. The van der Waals surface area contributed by atoms with E-state index in [2.05, 4.69) is 20.1 Å². The van der Waals surface area contributed by atoms with Crippen molar-refractivity contribution in [3.8, 4) is 5.75 Å². The summed E-state index contributed by atoms with van der Waals surface area (Å²) >= 11 is 0. The summed E-state index contributed by atoms with van der Waals surface area (Å²) in [5, 5.41) is 4.35. The summed E-state index contributed by atoms with van der Waals surface area (Å²) in [6.07, 6.45) is -4.88. The Hall–Kier alpha value is -3.70. The van der Waals surface area contributed by atoms with Crippen LogP contribution in [-0.4, -0.2) is 37.3 Å². The van der Waals surface area contributed by atoms with E-state index in [1.807, 2.05) is 0 Å². The smallest absolute Gasteiger partial charge is 0.452 e. The molecule has 2 N–H and O–H groups in total. The Labute approximate surface area is 165 Å². The lowest BCUT2D eigenvalue weighted by molar-refractivity contribution is -0.274. The molecule has 0 heterocycles. The van der Waals surface area contributed by atoms with Crippen LogP contribution in [0, 0.1) is 11.6 Å². The first-order chi connectivity index (χ1) is 14.0. The van der Waals surface area contributed by atoms with Crippen molar-refractivity contribution in [1.29, 1.82) is 0 Å². The second-order valence-electron chi connectivity index (χ2n) is 5.60. The first kappa shape index (κ1) is 22.6. The van der Waals surface area contributed by atoms with Gasteiger partial charge in [0, 0.05) is 11.8 Å². The molecule has 0 aliphatic rings. The van der Waals surface area contributed by atoms with Crippen molar-refractivity contribution in [2.75, 3.05) is 18.5 Å². The summed E-state index contributed by atoms with van der Waals surface area (Å²) in [5.41, 5.74) is -0.161. The Morgan fingerprint density at radius 2 is 1.57 bits per heavy atom. The standard InChI is InChI=1S/C18H13F5N2O5/c19-13-6-3-11(7-14(13)20)25-15(26)8-24-16(27)9-29-17(28)10-1-4-12(5-2-10)30-18(21,22)23/h1-7H,8-9H2,(H,24,27)(H,25,26). The van der Waals surface area contributed by atoms with Crippen molar-refractivity contribution in [2.45, 2.75) is 6.36 Å². The van der Waals surface area contributed by atoms with E-state index in [0.717, 1.165) is 42.5 Å². The average Bonchev–Trinajstić information content (AvgIpc) is 2.66. The molecule has 0 aliphatic heterocycles. The molecule has 2 aromatic carbocycles. The Morgan fingerprint density at radius 1 is 0.900 bits per heavy atom. The molecule has 0 radical (unpaired) electrons. The van der Waals surface area contributed by atoms with Crippen LogP contribution in [0.1, 0.15) is 10.4 Å². The molecule has 0 unspecified atom stereocenters.